The van der Waals surface area contributed by atoms with Crippen molar-refractivity contribution in [2.75, 3.05) is 28.6 Å². The van der Waals surface area contributed by atoms with E-state index in [0.29, 0.717) is 15.7 Å². The first-order valence-corrected chi connectivity index (χ1v) is 9.22. The molecule has 0 aliphatic carbocycles. The van der Waals surface area contributed by atoms with Crippen molar-refractivity contribution < 1.29 is 32.2 Å². The molecule has 1 heterocycles. The van der Waals surface area contributed by atoms with E-state index >= 15 is 0 Å². The van der Waals surface area contributed by atoms with Gasteiger partial charge in [-0.05, 0) is 18.2 Å². The largest absolute Gasteiger partial charge is 0.506 e. The minimum absolute atomic E-state index is 0.137. The number of carbonyl (C=O) groups is 2. The molecule has 12 heteroatoms. The van der Waals surface area contributed by atoms with Crippen LogP contribution in [0.25, 0.3) is 0 Å². The van der Waals surface area contributed by atoms with E-state index in [2.05, 4.69) is 10.6 Å². The summed E-state index contributed by atoms with van der Waals surface area (Å²) in [6.45, 7) is -0.673. The molecule has 0 bridgehead atoms. The van der Waals surface area contributed by atoms with Crippen molar-refractivity contribution in [3.05, 3.63) is 42.2 Å². The number of nitrogens with zero attached hydrogens (tertiary/aromatic N) is 1. The van der Waals surface area contributed by atoms with E-state index in [-0.39, 0.29) is 5.69 Å². The van der Waals surface area contributed by atoms with Crippen molar-refractivity contribution in [3.8, 4) is 11.5 Å². The molecule has 2 aromatic rings. The molecule has 1 aliphatic rings. The van der Waals surface area contributed by atoms with Crippen LogP contribution >= 0.6 is 0 Å². The monoisotopic (exact) mass is 410 g/mol. The van der Waals surface area contributed by atoms with Crippen LogP contribution in [0.15, 0.2) is 36.4 Å². The van der Waals surface area contributed by atoms with Gasteiger partial charge in [-0.15, -0.1) is 0 Å². The third-order valence-electron chi connectivity index (χ3n) is 3.73. The van der Waals surface area contributed by atoms with Gasteiger partial charge in [0.1, 0.15) is 23.7 Å². The fraction of sp³-hybridized carbons (Fsp3) is 0.125. The highest BCUT2D eigenvalue weighted by Crippen LogP contribution is 2.36. The Morgan fingerprint density at radius 1 is 1.29 bits per heavy atom. The molecule has 0 spiro atoms. The third kappa shape index (κ3) is 3.76. The summed E-state index contributed by atoms with van der Waals surface area (Å²) in [6.07, 6.45) is 0. The third-order valence-corrected chi connectivity index (χ3v) is 5.10. The van der Waals surface area contributed by atoms with Gasteiger partial charge in [0.05, 0.1) is 12.8 Å². The summed E-state index contributed by atoms with van der Waals surface area (Å²) in [5.74, 6) is -2.38. The number of rotatable bonds is 4. The van der Waals surface area contributed by atoms with E-state index in [1.54, 1.807) is 29.0 Å². The second-order valence-corrected chi connectivity index (χ2v) is 7.24. The number of nitrogens with one attached hydrogen (secondary N) is 3. The SMILES string of the molecule is COc1ccccc1NC(=O)Nc1cc(O)c(N2CC(=O)NS2(=O)=O)c(F)c1. The van der Waals surface area contributed by atoms with E-state index in [9.17, 15) is 27.5 Å². The van der Waals surface area contributed by atoms with Crippen molar-refractivity contribution in [3.63, 3.8) is 0 Å². The molecular weight excluding hydrogens is 395 g/mol. The number of methoxy groups -OCH3 is 1. The molecule has 1 aliphatic heterocycles. The molecule has 0 atom stereocenters. The lowest BCUT2D eigenvalue weighted by molar-refractivity contribution is -0.117. The fourth-order valence-electron chi connectivity index (χ4n) is 2.58. The first-order chi connectivity index (χ1) is 13.2. The van der Waals surface area contributed by atoms with Crippen molar-refractivity contribution in [2.45, 2.75) is 0 Å². The van der Waals surface area contributed by atoms with Gasteiger partial charge in [-0.3, -0.25) is 4.79 Å². The van der Waals surface area contributed by atoms with Crippen LogP contribution in [0.5, 0.6) is 11.5 Å². The second-order valence-electron chi connectivity index (χ2n) is 5.64. The molecule has 148 valence electrons. The normalized spacial score (nSPS) is 15.1. The number of ether oxygens (including phenoxy) is 1. The Kier molecular flexibility index (Phi) is 4.96. The highest BCUT2D eigenvalue weighted by molar-refractivity contribution is 7.92. The van der Waals surface area contributed by atoms with Crippen LogP contribution in [-0.4, -0.2) is 39.1 Å². The number of hydrogen-bond acceptors (Lipinski definition) is 6. The lowest BCUT2D eigenvalue weighted by Crippen LogP contribution is -2.30. The summed E-state index contributed by atoms with van der Waals surface area (Å²) in [5.41, 5.74) is -0.479. The van der Waals surface area contributed by atoms with Gasteiger partial charge in [-0.1, -0.05) is 12.1 Å². The summed E-state index contributed by atoms with van der Waals surface area (Å²) in [5, 5.41) is 14.9. The van der Waals surface area contributed by atoms with E-state index in [1.165, 1.54) is 7.11 Å². The average Bonchev–Trinajstić information content (AvgIpc) is 2.86. The molecule has 10 nitrogen and oxygen atoms in total. The Balaban J connectivity index is 1.81. The molecule has 0 unspecified atom stereocenters. The predicted octanol–water partition coefficient (Wildman–Crippen LogP) is 1.36. The molecule has 0 radical (unpaired) electrons. The van der Waals surface area contributed by atoms with Gasteiger partial charge in [0, 0.05) is 11.8 Å². The van der Waals surface area contributed by atoms with Gasteiger partial charge in [0.2, 0.25) is 0 Å². The lowest BCUT2D eigenvalue weighted by Gasteiger charge is -2.18. The topological polar surface area (TPSA) is 137 Å². The molecular formula is C16H15FN4O6S. The molecule has 2 aromatic carbocycles. The minimum Gasteiger partial charge on any atom is -0.506 e. The Morgan fingerprint density at radius 3 is 2.61 bits per heavy atom. The zero-order valence-electron chi connectivity index (χ0n) is 14.4. The van der Waals surface area contributed by atoms with Crippen molar-refractivity contribution in [1.29, 1.82) is 0 Å². The Bertz CT molecular complexity index is 1040. The van der Waals surface area contributed by atoms with E-state index in [0.717, 1.165) is 12.1 Å². The number of para-hydroxylation sites is 2. The van der Waals surface area contributed by atoms with Crippen LogP contribution < -0.4 is 24.4 Å². The number of hydrogen-bond donors (Lipinski definition) is 4. The first-order valence-electron chi connectivity index (χ1n) is 7.78. The number of carbonyl (C=O) groups excluding carboxylic acids is 2. The highest BCUT2D eigenvalue weighted by Gasteiger charge is 2.37. The maximum absolute atomic E-state index is 14.4. The number of phenolic OH excluding ortho intramolecular Hbond substituents is 1. The summed E-state index contributed by atoms with van der Waals surface area (Å²) >= 11 is 0. The first kappa shape index (κ1) is 19.2. The van der Waals surface area contributed by atoms with Gasteiger partial charge >= 0.3 is 16.2 Å². The lowest BCUT2D eigenvalue weighted by atomic mass is 10.2. The highest BCUT2D eigenvalue weighted by atomic mass is 32.2. The molecule has 28 heavy (non-hydrogen) atoms. The summed E-state index contributed by atoms with van der Waals surface area (Å²) in [6, 6.07) is 7.61. The minimum atomic E-state index is -4.30. The van der Waals surface area contributed by atoms with Gasteiger partial charge in [-0.25, -0.2) is 18.2 Å². The molecule has 1 saturated heterocycles. The molecule has 0 aromatic heterocycles. The predicted molar refractivity (Wildman–Crippen MR) is 98.1 cm³/mol. The van der Waals surface area contributed by atoms with Crippen molar-refractivity contribution >= 4 is 39.2 Å². The molecule has 3 amide bonds. The quantitative estimate of drug-likeness (QED) is 0.601. The zero-order valence-corrected chi connectivity index (χ0v) is 15.2. The van der Waals surface area contributed by atoms with Crippen LogP contribution in [0.2, 0.25) is 0 Å². The maximum atomic E-state index is 14.4. The summed E-state index contributed by atoms with van der Waals surface area (Å²) in [7, 11) is -2.87. The van der Waals surface area contributed by atoms with Crippen molar-refractivity contribution in [1.82, 2.24) is 4.72 Å². The van der Waals surface area contributed by atoms with E-state index in [4.69, 9.17) is 4.74 Å². The van der Waals surface area contributed by atoms with Crippen molar-refractivity contribution in [2.24, 2.45) is 0 Å². The maximum Gasteiger partial charge on any atom is 0.326 e. The molecule has 0 saturated carbocycles. The van der Waals surface area contributed by atoms with Crippen LogP contribution in [0.1, 0.15) is 0 Å². The van der Waals surface area contributed by atoms with E-state index < -0.39 is 45.9 Å². The van der Waals surface area contributed by atoms with Gasteiger partial charge < -0.3 is 20.5 Å². The van der Waals surface area contributed by atoms with E-state index in [1.807, 2.05) is 0 Å². The summed E-state index contributed by atoms with van der Waals surface area (Å²) < 4.78 is 45.3. The number of anilines is 3. The fourth-order valence-corrected chi connectivity index (χ4v) is 3.75. The van der Waals surface area contributed by atoms with Gasteiger partial charge in [0.15, 0.2) is 5.82 Å². The zero-order chi connectivity index (χ0) is 20.5. The molecule has 1 fully saturated rings. The number of urea groups is 1. The van der Waals surface area contributed by atoms with Crippen LogP contribution in [0.4, 0.5) is 26.2 Å². The Labute approximate surface area is 159 Å². The number of benzene rings is 2. The van der Waals surface area contributed by atoms with Gasteiger partial charge in [-0.2, -0.15) is 8.42 Å². The second kappa shape index (κ2) is 7.23. The van der Waals surface area contributed by atoms with Crippen LogP contribution in [-0.2, 0) is 15.0 Å². The number of phenols is 1. The standard InChI is InChI=1S/C16H15FN4O6S/c1-27-13-5-3-2-4-11(13)19-16(24)18-9-6-10(17)15(12(22)7-9)21-8-14(23)20-28(21,25)26/h2-7,22H,8H2,1H3,(H,20,23)(H2,18,19,24). The smallest absolute Gasteiger partial charge is 0.326 e. The number of amides is 3. The average molecular weight is 410 g/mol. The number of aromatic hydroxyl groups is 1. The van der Waals surface area contributed by atoms with Crippen LogP contribution in [0, 0.1) is 5.82 Å². The number of halogens is 1. The molecule has 3 rings (SSSR count). The Morgan fingerprint density at radius 2 is 2.00 bits per heavy atom. The summed E-state index contributed by atoms with van der Waals surface area (Å²) in [4.78, 5) is 23.4. The molecule has 4 N–H and O–H groups in total. The van der Waals surface area contributed by atoms with Crippen LogP contribution in [0.3, 0.4) is 0 Å². The van der Waals surface area contributed by atoms with Gasteiger partial charge in [0.25, 0.3) is 5.91 Å². The Hall–Kier alpha value is -3.54.